The molecule has 34 heavy (non-hydrogen) atoms. The zero-order valence-electron chi connectivity index (χ0n) is 19.0. The molecule has 3 atom stereocenters. The minimum Gasteiger partial charge on any atom is -0.381 e. The summed E-state index contributed by atoms with van der Waals surface area (Å²) in [5.41, 5.74) is -0.0979. The predicted molar refractivity (Wildman–Crippen MR) is 113 cm³/mol. The maximum absolute atomic E-state index is 14.3. The number of hydrogen-bond acceptors (Lipinski definition) is 4. The zero-order chi connectivity index (χ0) is 24.5. The second-order valence-electron chi connectivity index (χ2n) is 9.48. The van der Waals surface area contributed by atoms with Crippen LogP contribution in [-0.4, -0.2) is 86.3 Å². The number of hydrogen-bond donors (Lipinski definition) is 2. The van der Waals surface area contributed by atoms with E-state index in [-0.39, 0.29) is 48.1 Å². The summed E-state index contributed by atoms with van der Waals surface area (Å²) in [6, 6.07) is -0.755. The van der Waals surface area contributed by atoms with Crippen molar-refractivity contribution in [3.05, 3.63) is 23.6 Å². The van der Waals surface area contributed by atoms with Gasteiger partial charge in [0.2, 0.25) is 0 Å². The minimum absolute atomic E-state index is 0.0410. The van der Waals surface area contributed by atoms with Gasteiger partial charge >= 0.3 is 18.4 Å². The molecule has 3 unspecified atom stereocenters. The number of urea groups is 2. The van der Waals surface area contributed by atoms with E-state index in [9.17, 15) is 27.2 Å². The molecule has 3 fully saturated rings. The normalized spacial score (nSPS) is 29.5. The summed E-state index contributed by atoms with van der Waals surface area (Å²) < 4.78 is 61.0. The van der Waals surface area contributed by atoms with Crippen molar-refractivity contribution >= 4 is 12.1 Å². The van der Waals surface area contributed by atoms with Crippen LogP contribution in [0.25, 0.3) is 0 Å². The molecule has 190 valence electrons. The largest absolute Gasteiger partial charge is 0.523 e. The third-order valence-corrected chi connectivity index (χ3v) is 6.83. The molecule has 1 saturated carbocycles. The van der Waals surface area contributed by atoms with Gasteiger partial charge in [-0.2, -0.15) is 0 Å². The number of nitrogens with one attached hydrogen (secondary N) is 2. The fourth-order valence-electron chi connectivity index (χ4n) is 5.14. The Kier molecular flexibility index (Phi) is 7.09. The molecule has 12 heteroatoms. The summed E-state index contributed by atoms with van der Waals surface area (Å²) in [6.45, 7) is 1.94. The SMILES string of the molecule is CNC(=O)N1CC(N(C(=O)NCC2=CCC(OC(F)(F)F)C=C2F)C2CC2)CC2(CCOC2)C1. The van der Waals surface area contributed by atoms with Crippen LogP contribution >= 0.6 is 0 Å². The molecule has 2 aliphatic heterocycles. The molecule has 8 nitrogen and oxygen atoms in total. The number of ether oxygens (including phenoxy) is 2. The van der Waals surface area contributed by atoms with Crippen LogP contribution in [0.1, 0.15) is 32.1 Å². The van der Waals surface area contributed by atoms with E-state index in [0.717, 1.165) is 25.3 Å². The number of carbonyl (C=O) groups excluding carboxylic acids is 2. The van der Waals surface area contributed by atoms with Gasteiger partial charge in [-0.05, 0) is 38.2 Å². The number of piperidine rings is 1. The van der Waals surface area contributed by atoms with Crippen LogP contribution in [0.4, 0.5) is 27.2 Å². The van der Waals surface area contributed by atoms with Crippen molar-refractivity contribution in [1.82, 2.24) is 20.4 Å². The topological polar surface area (TPSA) is 83.1 Å². The molecule has 0 aromatic carbocycles. The van der Waals surface area contributed by atoms with E-state index < -0.39 is 18.3 Å². The van der Waals surface area contributed by atoms with E-state index in [1.54, 1.807) is 16.8 Å². The van der Waals surface area contributed by atoms with Gasteiger partial charge < -0.3 is 25.2 Å². The Balaban J connectivity index is 1.41. The minimum atomic E-state index is -4.85. The smallest absolute Gasteiger partial charge is 0.381 e. The maximum atomic E-state index is 14.3. The van der Waals surface area contributed by atoms with Crippen molar-refractivity contribution in [3.63, 3.8) is 0 Å². The van der Waals surface area contributed by atoms with Gasteiger partial charge in [0.05, 0.1) is 18.8 Å². The number of likely N-dealkylation sites (tertiary alicyclic amines) is 1. The highest BCUT2D eigenvalue weighted by atomic mass is 19.4. The van der Waals surface area contributed by atoms with Gasteiger partial charge in [-0.25, -0.2) is 14.0 Å². The average Bonchev–Trinajstić information content (AvgIpc) is 3.50. The Labute approximate surface area is 195 Å². The molecule has 0 radical (unpaired) electrons. The van der Waals surface area contributed by atoms with Gasteiger partial charge in [0.15, 0.2) is 0 Å². The molecule has 4 rings (SSSR count). The van der Waals surface area contributed by atoms with Crippen LogP contribution in [0.15, 0.2) is 23.6 Å². The summed E-state index contributed by atoms with van der Waals surface area (Å²) >= 11 is 0. The van der Waals surface area contributed by atoms with E-state index in [1.165, 1.54) is 6.08 Å². The highest BCUT2D eigenvalue weighted by Gasteiger charge is 2.48. The molecule has 0 bridgehead atoms. The number of carbonyl (C=O) groups is 2. The first kappa shape index (κ1) is 24.8. The second kappa shape index (κ2) is 9.73. The van der Waals surface area contributed by atoms with Gasteiger partial charge in [-0.1, -0.05) is 6.08 Å². The van der Waals surface area contributed by atoms with E-state index in [1.807, 2.05) is 0 Å². The number of nitrogens with zero attached hydrogens (tertiary/aromatic N) is 2. The van der Waals surface area contributed by atoms with Crippen LogP contribution in [0.3, 0.4) is 0 Å². The molecule has 2 N–H and O–H groups in total. The first-order valence-electron chi connectivity index (χ1n) is 11.5. The molecular formula is C22H30F4N4O4. The summed E-state index contributed by atoms with van der Waals surface area (Å²) in [5, 5.41) is 5.38. The third kappa shape index (κ3) is 5.83. The Morgan fingerprint density at radius 1 is 1.32 bits per heavy atom. The Morgan fingerprint density at radius 3 is 2.68 bits per heavy atom. The third-order valence-electron chi connectivity index (χ3n) is 6.83. The van der Waals surface area contributed by atoms with Crippen LogP contribution in [0, 0.1) is 5.41 Å². The summed E-state index contributed by atoms with van der Waals surface area (Å²) in [5.74, 6) is -0.843. The van der Waals surface area contributed by atoms with E-state index in [4.69, 9.17) is 4.74 Å². The van der Waals surface area contributed by atoms with Crippen molar-refractivity contribution in [2.75, 3.05) is 39.9 Å². The molecule has 4 amide bonds. The Hall–Kier alpha value is -2.34. The number of amides is 4. The molecule has 0 aromatic heterocycles. The standard InChI is InChI=1S/C22H30F4N4O4/c1-27-19(31)29-11-16(9-21(12-29)6-7-33-13-21)30(15-3-4-15)20(32)28-10-14-2-5-17(8-18(14)23)34-22(24,25)26/h2,8,15-17H,3-7,9-13H2,1H3,(H,27,31)(H,28,32). The zero-order valence-corrected chi connectivity index (χ0v) is 19.0. The van der Waals surface area contributed by atoms with Gasteiger partial charge in [0.1, 0.15) is 5.83 Å². The van der Waals surface area contributed by atoms with Crippen molar-refractivity contribution in [1.29, 1.82) is 0 Å². The van der Waals surface area contributed by atoms with Crippen LogP contribution in [0.2, 0.25) is 0 Å². The van der Waals surface area contributed by atoms with Crippen LogP contribution < -0.4 is 10.6 Å². The summed E-state index contributed by atoms with van der Waals surface area (Å²) in [7, 11) is 1.57. The van der Waals surface area contributed by atoms with Crippen molar-refractivity contribution in [3.8, 4) is 0 Å². The summed E-state index contributed by atoms with van der Waals surface area (Å²) in [4.78, 5) is 29.1. The fourth-order valence-corrected chi connectivity index (χ4v) is 5.14. The highest BCUT2D eigenvalue weighted by molar-refractivity contribution is 5.77. The quantitative estimate of drug-likeness (QED) is 0.581. The Bertz CT molecular complexity index is 852. The lowest BCUT2D eigenvalue weighted by Crippen LogP contribution is -2.61. The monoisotopic (exact) mass is 490 g/mol. The lowest BCUT2D eigenvalue weighted by atomic mass is 9.77. The lowest BCUT2D eigenvalue weighted by molar-refractivity contribution is -0.336. The molecule has 2 saturated heterocycles. The molecule has 4 aliphatic rings. The average molecular weight is 490 g/mol. The van der Waals surface area contributed by atoms with Crippen LogP contribution in [-0.2, 0) is 9.47 Å². The van der Waals surface area contributed by atoms with Crippen molar-refractivity contribution in [2.24, 2.45) is 5.41 Å². The first-order valence-corrected chi connectivity index (χ1v) is 11.5. The van der Waals surface area contributed by atoms with Gasteiger partial charge in [-0.15, -0.1) is 13.2 Å². The van der Waals surface area contributed by atoms with E-state index in [0.29, 0.717) is 32.7 Å². The van der Waals surface area contributed by atoms with Gasteiger partial charge in [0.25, 0.3) is 0 Å². The van der Waals surface area contributed by atoms with Crippen LogP contribution in [0.5, 0.6) is 0 Å². The molecule has 1 spiro atoms. The summed E-state index contributed by atoms with van der Waals surface area (Å²) in [6.07, 6.45) is -1.12. The lowest BCUT2D eigenvalue weighted by Gasteiger charge is -2.47. The maximum Gasteiger partial charge on any atom is 0.523 e. The number of rotatable bonds is 5. The van der Waals surface area contributed by atoms with E-state index >= 15 is 0 Å². The highest BCUT2D eigenvalue weighted by Crippen LogP contribution is 2.41. The second-order valence-corrected chi connectivity index (χ2v) is 9.48. The van der Waals surface area contributed by atoms with Crippen molar-refractivity contribution in [2.45, 2.75) is 56.7 Å². The van der Waals surface area contributed by atoms with Gasteiger partial charge in [-0.3, -0.25) is 4.74 Å². The van der Waals surface area contributed by atoms with Crippen molar-refractivity contribution < 1.29 is 36.6 Å². The predicted octanol–water partition coefficient (Wildman–Crippen LogP) is 3.07. The first-order chi connectivity index (χ1) is 16.1. The Morgan fingerprint density at radius 2 is 2.09 bits per heavy atom. The van der Waals surface area contributed by atoms with Gasteiger partial charge in [0, 0.05) is 50.3 Å². The molecular weight excluding hydrogens is 460 g/mol. The number of alkyl halides is 3. The van der Waals surface area contributed by atoms with E-state index in [2.05, 4.69) is 15.4 Å². The molecule has 0 aromatic rings. The number of halogens is 4. The molecule has 2 heterocycles. The fraction of sp³-hybridized carbons (Fsp3) is 0.727. The molecule has 2 aliphatic carbocycles.